The Morgan fingerprint density at radius 2 is 2.22 bits per heavy atom. The van der Waals surface area contributed by atoms with Gasteiger partial charge in [-0.15, -0.1) is 16.9 Å². The summed E-state index contributed by atoms with van der Waals surface area (Å²) in [7, 11) is 0. The summed E-state index contributed by atoms with van der Waals surface area (Å²) < 4.78 is 1.66. The van der Waals surface area contributed by atoms with Gasteiger partial charge in [0.2, 0.25) is 5.91 Å². The smallest absolute Gasteiger partial charge is 0.228 e. The first-order valence-corrected chi connectivity index (χ1v) is 9.46. The van der Waals surface area contributed by atoms with E-state index in [0.29, 0.717) is 5.92 Å². The lowest BCUT2D eigenvalue weighted by Crippen LogP contribution is -2.38. The van der Waals surface area contributed by atoms with Gasteiger partial charge in [0.05, 0.1) is 24.3 Å². The topological polar surface area (TPSA) is 85.8 Å². The molecule has 23 heavy (non-hydrogen) atoms. The number of thioether (sulfide) groups is 1. The fourth-order valence-electron chi connectivity index (χ4n) is 3.32. The zero-order valence-electron chi connectivity index (χ0n) is 13.5. The molecule has 2 heterocycles. The molecule has 0 spiro atoms. The Morgan fingerprint density at radius 1 is 1.43 bits per heavy atom. The first kappa shape index (κ1) is 16.5. The molecule has 3 atom stereocenters. The third kappa shape index (κ3) is 3.95. The van der Waals surface area contributed by atoms with Crippen LogP contribution in [0.2, 0.25) is 0 Å². The van der Waals surface area contributed by atoms with Crippen LogP contribution in [0, 0.1) is 11.8 Å². The molecule has 0 bridgehead atoms. The first-order valence-electron chi connectivity index (χ1n) is 8.41. The number of hydrogen-bond acceptors (Lipinski definition) is 5. The minimum absolute atomic E-state index is 0.0328. The normalized spacial score (nSPS) is 24.5. The zero-order valence-corrected chi connectivity index (χ0v) is 14.3. The molecular formula is C16H25N5OS. The van der Waals surface area contributed by atoms with Gasteiger partial charge in [0, 0.05) is 5.75 Å². The van der Waals surface area contributed by atoms with Crippen molar-refractivity contribution in [1.82, 2.24) is 20.3 Å². The minimum Gasteiger partial charge on any atom is -0.347 e. The van der Waals surface area contributed by atoms with Crippen molar-refractivity contribution in [2.24, 2.45) is 17.6 Å². The Labute approximate surface area is 141 Å². The molecule has 3 rings (SSSR count). The predicted octanol–water partition coefficient (Wildman–Crippen LogP) is 2.37. The summed E-state index contributed by atoms with van der Waals surface area (Å²) in [6.45, 7) is 1.87. The van der Waals surface area contributed by atoms with Crippen molar-refractivity contribution in [1.29, 1.82) is 0 Å². The van der Waals surface area contributed by atoms with Gasteiger partial charge in [-0.1, -0.05) is 30.6 Å². The first-order chi connectivity index (χ1) is 11.1. The highest BCUT2D eigenvalue weighted by atomic mass is 32.2. The fourth-order valence-corrected chi connectivity index (χ4v) is 4.20. The van der Waals surface area contributed by atoms with E-state index >= 15 is 0 Å². The predicted molar refractivity (Wildman–Crippen MR) is 91.5 cm³/mol. The number of nitrogens with two attached hydrogens (primary N) is 1. The van der Waals surface area contributed by atoms with Gasteiger partial charge in [0.1, 0.15) is 5.69 Å². The van der Waals surface area contributed by atoms with Gasteiger partial charge in [0.15, 0.2) is 0 Å². The second kappa shape index (κ2) is 7.49. The average molecular weight is 335 g/mol. The summed E-state index contributed by atoms with van der Waals surface area (Å²) in [5, 5.41) is 13.6. The second-order valence-corrected chi connectivity index (χ2v) is 7.46. The van der Waals surface area contributed by atoms with Crippen LogP contribution in [0.4, 0.5) is 0 Å². The monoisotopic (exact) mass is 335 g/mol. The lowest BCUT2D eigenvalue weighted by atomic mass is 9.82. The van der Waals surface area contributed by atoms with E-state index in [1.165, 1.54) is 19.3 Å². The average Bonchev–Trinajstić information content (AvgIpc) is 3.24. The number of rotatable bonds is 5. The zero-order chi connectivity index (χ0) is 16.2. The molecule has 0 saturated heterocycles. The molecular weight excluding hydrogens is 310 g/mol. The molecule has 126 valence electrons. The van der Waals surface area contributed by atoms with Crippen LogP contribution in [0.1, 0.15) is 56.9 Å². The molecule has 2 aliphatic rings. The highest BCUT2D eigenvalue weighted by Gasteiger charge is 2.31. The van der Waals surface area contributed by atoms with Gasteiger partial charge < -0.3 is 11.1 Å². The molecule has 1 saturated carbocycles. The Morgan fingerprint density at radius 3 is 2.83 bits per heavy atom. The summed E-state index contributed by atoms with van der Waals surface area (Å²) in [5.41, 5.74) is 6.70. The van der Waals surface area contributed by atoms with E-state index in [2.05, 4.69) is 15.6 Å². The van der Waals surface area contributed by atoms with E-state index in [4.69, 9.17) is 5.73 Å². The number of hydrogen-bond donors (Lipinski definition) is 2. The van der Waals surface area contributed by atoms with Gasteiger partial charge in [0.25, 0.3) is 0 Å². The van der Waals surface area contributed by atoms with Crippen LogP contribution >= 0.6 is 11.8 Å². The second-order valence-electron chi connectivity index (χ2n) is 6.52. The maximum atomic E-state index is 12.6. The highest BCUT2D eigenvalue weighted by molar-refractivity contribution is 8.02. The summed E-state index contributed by atoms with van der Waals surface area (Å²) in [5.74, 6) is 1.33. The third-order valence-electron chi connectivity index (χ3n) is 4.70. The standard InChI is InChI=1S/C16H25N5OS/c1-11(17)21-9-14(19-20-21)15(12-5-3-2-4-6-12)18-16(22)13-7-8-23-10-13/h7-9,11-13,15H,2-6,10,17H2,1H3,(H,18,22)/t11-,13?,15+/m1/s1. The summed E-state index contributed by atoms with van der Waals surface area (Å²) >= 11 is 1.69. The molecule has 0 aromatic carbocycles. The van der Waals surface area contributed by atoms with Crippen LogP contribution in [0.5, 0.6) is 0 Å². The van der Waals surface area contributed by atoms with E-state index in [1.807, 2.05) is 24.6 Å². The molecule has 1 aliphatic carbocycles. The van der Waals surface area contributed by atoms with E-state index in [1.54, 1.807) is 16.4 Å². The summed E-state index contributed by atoms with van der Waals surface area (Å²) in [4.78, 5) is 12.6. The molecule has 1 fully saturated rings. The van der Waals surface area contributed by atoms with Crippen molar-refractivity contribution in [3.63, 3.8) is 0 Å². The molecule has 1 amide bonds. The van der Waals surface area contributed by atoms with Gasteiger partial charge in [-0.05, 0) is 31.1 Å². The van der Waals surface area contributed by atoms with E-state index in [9.17, 15) is 4.79 Å². The lowest BCUT2D eigenvalue weighted by molar-refractivity contribution is -0.124. The van der Waals surface area contributed by atoms with Crippen LogP contribution in [-0.2, 0) is 4.79 Å². The number of carbonyl (C=O) groups is 1. The highest BCUT2D eigenvalue weighted by Crippen LogP contribution is 2.34. The van der Waals surface area contributed by atoms with Crippen molar-refractivity contribution in [3.8, 4) is 0 Å². The number of carbonyl (C=O) groups excluding carboxylic acids is 1. The van der Waals surface area contributed by atoms with Gasteiger partial charge >= 0.3 is 0 Å². The van der Waals surface area contributed by atoms with E-state index in [0.717, 1.165) is 24.3 Å². The van der Waals surface area contributed by atoms with Crippen molar-refractivity contribution in [2.75, 3.05) is 5.75 Å². The Balaban J connectivity index is 1.77. The van der Waals surface area contributed by atoms with Crippen molar-refractivity contribution in [3.05, 3.63) is 23.4 Å². The van der Waals surface area contributed by atoms with E-state index < -0.39 is 0 Å². The van der Waals surface area contributed by atoms with Crippen LogP contribution < -0.4 is 11.1 Å². The number of nitrogens with one attached hydrogen (secondary N) is 1. The molecule has 6 nitrogen and oxygen atoms in total. The van der Waals surface area contributed by atoms with Gasteiger partial charge in [-0.2, -0.15) is 0 Å². The molecule has 7 heteroatoms. The number of aromatic nitrogens is 3. The van der Waals surface area contributed by atoms with Gasteiger partial charge in [-0.25, -0.2) is 4.68 Å². The third-order valence-corrected chi connectivity index (χ3v) is 5.60. The molecule has 1 aromatic rings. The van der Waals surface area contributed by atoms with Crippen LogP contribution in [0.25, 0.3) is 0 Å². The fraction of sp³-hybridized carbons (Fsp3) is 0.688. The van der Waals surface area contributed by atoms with Crippen LogP contribution in [0.3, 0.4) is 0 Å². The molecule has 1 unspecified atom stereocenters. The van der Waals surface area contributed by atoms with Crippen molar-refractivity contribution in [2.45, 2.75) is 51.2 Å². The SMILES string of the molecule is C[C@H](N)n1cc([C@@H](NC(=O)C2C=CSC2)C2CCCCC2)nn1. The molecule has 1 aliphatic heterocycles. The maximum Gasteiger partial charge on any atom is 0.228 e. The van der Waals surface area contributed by atoms with E-state index in [-0.39, 0.29) is 24.0 Å². The molecule has 3 N–H and O–H groups in total. The Bertz CT molecular complexity index is 565. The Hall–Kier alpha value is -1.34. The van der Waals surface area contributed by atoms with Crippen molar-refractivity contribution >= 4 is 17.7 Å². The summed E-state index contributed by atoms with van der Waals surface area (Å²) in [6.07, 6.45) is 9.63. The lowest BCUT2D eigenvalue weighted by Gasteiger charge is -2.30. The van der Waals surface area contributed by atoms with Crippen LogP contribution in [-0.4, -0.2) is 26.7 Å². The maximum absolute atomic E-state index is 12.6. The minimum atomic E-state index is -0.215. The number of nitrogens with zero attached hydrogens (tertiary/aromatic N) is 3. The Kier molecular flexibility index (Phi) is 5.38. The quantitative estimate of drug-likeness (QED) is 0.863. The number of amides is 1. The largest absolute Gasteiger partial charge is 0.347 e. The molecule has 1 aromatic heterocycles. The van der Waals surface area contributed by atoms with Crippen LogP contribution in [0.15, 0.2) is 17.7 Å². The van der Waals surface area contributed by atoms with Gasteiger partial charge in [-0.3, -0.25) is 4.79 Å². The summed E-state index contributed by atoms with van der Waals surface area (Å²) in [6, 6.07) is -0.0608. The molecule has 0 radical (unpaired) electrons. The van der Waals surface area contributed by atoms with Crippen molar-refractivity contribution < 1.29 is 4.79 Å².